The largest absolute Gasteiger partial charge is 0.361 e. The second-order valence-electron chi connectivity index (χ2n) is 6.41. The molecule has 136 valence electrons. The minimum absolute atomic E-state index is 0. The molecule has 0 aliphatic carbocycles. The van der Waals surface area contributed by atoms with E-state index in [4.69, 9.17) is 4.52 Å². The molecule has 3 rings (SSSR count). The fourth-order valence-corrected chi connectivity index (χ4v) is 3.11. The van der Waals surface area contributed by atoms with Gasteiger partial charge in [-0.3, -0.25) is 4.79 Å². The third-order valence-corrected chi connectivity index (χ3v) is 4.53. The second kappa shape index (κ2) is 9.59. The fourth-order valence-electron chi connectivity index (χ4n) is 3.11. The van der Waals surface area contributed by atoms with Crippen molar-refractivity contribution in [2.45, 2.75) is 38.1 Å². The van der Waals surface area contributed by atoms with E-state index in [-0.39, 0.29) is 24.4 Å². The molecule has 2 heterocycles. The van der Waals surface area contributed by atoms with Gasteiger partial charge in [0.05, 0.1) is 6.04 Å². The molecule has 25 heavy (non-hydrogen) atoms. The summed E-state index contributed by atoms with van der Waals surface area (Å²) in [5.41, 5.74) is 1.92. The summed E-state index contributed by atoms with van der Waals surface area (Å²) in [5, 5.41) is 7.44. The zero-order valence-electron chi connectivity index (χ0n) is 14.6. The fraction of sp³-hybridized carbons (Fsp3) is 0.474. The van der Waals surface area contributed by atoms with Crippen LogP contribution in [-0.4, -0.2) is 42.1 Å². The molecule has 1 amide bonds. The van der Waals surface area contributed by atoms with Gasteiger partial charge in [-0.05, 0) is 25.8 Å². The molecule has 1 aliphatic rings. The number of carbonyl (C=O) groups is 1. The summed E-state index contributed by atoms with van der Waals surface area (Å²) in [7, 11) is 1.88. The van der Waals surface area contributed by atoms with E-state index < -0.39 is 0 Å². The second-order valence-corrected chi connectivity index (χ2v) is 6.41. The van der Waals surface area contributed by atoms with Crippen molar-refractivity contribution < 1.29 is 9.32 Å². The van der Waals surface area contributed by atoms with Crippen LogP contribution in [0.3, 0.4) is 0 Å². The van der Waals surface area contributed by atoms with Crippen molar-refractivity contribution in [1.29, 1.82) is 0 Å². The van der Waals surface area contributed by atoms with Crippen LogP contribution in [0.2, 0.25) is 0 Å². The van der Waals surface area contributed by atoms with Crippen LogP contribution in [0.5, 0.6) is 0 Å². The van der Waals surface area contributed by atoms with Gasteiger partial charge in [-0.25, -0.2) is 0 Å². The standard InChI is InChI=1S/C19H25N3O2.ClH/c1-22(19(23)17-11-5-6-12-20-17)13-7-10-16-14-18(21-24-16)15-8-3-2-4-9-15;/h2-4,8-9,14,17,20H,5-7,10-13H2,1H3;1H. The molecule has 1 aliphatic heterocycles. The van der Waals surface area contributed by atoms with Gasteiger partial charge < -0.3 is 14.7 Å². The number of nitrogens with one attached hydrogen (secondary N) is 1. The Morgan fingerprint density at radius 3 is 2.84 bits per heavy atom. The van der Waals surface area contributed by atoms with Crippen LogP contribution in [0, 0.1) is 0 Å². The van der Waals surface area contributed by atoms with Crippen LogP contribution < -0.4 is 5.32 Å². The minimum atomic E-state index is -0.00119. The Balaban J connectivity index is 0.00000225. The highest BCUT2D eigenvalue weighted by molar-refractivity contribution is 5.85. The Hall–Kier alpha value is -1.85. The molecule has 1 N–H and O–H groups in total. The number of hydrogen-bond donors (Lipinski definition) is 1. The number of aryl methyl sites for hydroxylation is 1. The van der Waals surface area contributed by atoms with Crippen molar-refractivity contribution >= 4 is 18.3 Å². The Labute approximate surface area is 155 Å². The first kappa shape index (κ1) is 19.5. The summed E-state index contributed by atoms with van der Waals surface area (Å²) in [5.74, 6) is 1.07. The van der Waals surface area contributed by atoms with E-state index >= 15 is 0 Å². The zero-order valence-corrected chi connectivity index (χ0v) is 15.4. The Morgan fingerprint density at radius 2 is 2.12 bits per heavy atom. The molecule has 6 heteroatoms. The van der Waals surface area contributed by atoms with E-state index in [9.17, 15) is 4.79 Å². The number of hydrogen-bond acceptors (Lipinski definition) is 4. The third-order valence-electron chi connectivity index (χ3n) is 4.53. The number of nitrogens with zero attached hydrogens (tertiary/aromatic N) is 2. The maximum absolute atomic E-state index is 12.4. The van der Waals surface area contributed by atoms with Crippen molar-refractivity contribution in [2.75, 3.05) is 20.1 Å². The number of likely N-dealkylation sites (N-methyl/N-ethyl adjacent to an activating group) is 1. The van der Waals surface area contributed by atoms with Gasteiger partial charge in [-0.15, -0.1) is 12.4 Å². The first-order valence-corrected chi connectivity index (χ1v) is 8.73. The van der Waals surface area contributed by atoms with E-state index in [2.05, 4.69) is 10.5 Å². The lowest BCUT2D eigenvalue weighted by Crippen LogP contribution is -2.47. The van der Waals surface area contributed by atoms with E-state index in [0.29, 0.717) is 0 Å². The van der Waals surface area contributed by atoms with Crippen molar-refractivity contribution in [3.05, 3.63) is 42.2 Å². The topological polar surface area (TPSA) is 58.4 Å². The number of rotatable bonds is 6. The van der Waals surface area contributed by atoms with Gasteiger partial charge in [0.2, 0.25) is 5.91 Å². The van der Waals surface area contributed by atoms with Crippen molar-refractivity contribution in [3.63, 3.8) is 0 Å². The molecule has 0 spiro atoms. The lowest BCUT2D eigenvalue weighted by atomic mass is 10.0. The first-order chi connectivity index (χ1) is 11.7. The van der Waals surface area contributed by atoms with Crippen LogP contribution in [0.1, 0.15) is 31.4 Å². The lowest BCUT2D eigenvalue weighted by molar-refractivity contribution is -0.132. The molecule has 1 aromatic heterocycles. The van der Waals surface area contributed by atoms with Gasteiger partial charge in [0.25, 0.3) is 0 Å². The van der Waals surface area contributed by atoms with E-state index in [0.717, 1.165) is 55.8 Å². The van der Waals surface area contributed by atoms with E-state index in [1.807, 2.05) is 48.3 Å². The summed E-state index contributed by atoms with van der Waals surface area (Å²) in [6.07, 6.45) is 4.92. The Morgan fingerprint density at radius 1 is 1.32 bits per heavy atom. The molecule has 0 saturated carbocycles. The van der Waals surface area contributed by atoms with Gasteiger partial charge in [0, 0.05) is 31.6 Å². The number of halogens is 1. The molecule has 5 nitrogen and oxygen atoms in total. The smallest absolute Gasteiger partial charge is 0.239 e. The Bertz CT molecular complexity index is 654. The van der Waals surface area contributed by atoms with Gasteiger partial charge in [-0.2, -0.15) is 0 Å². The maximum atomic E-state index is 12.4. The van der Waals surface area contributed by atoms with Crippen LogP contribution in [0.25, 0.3) is 11.3 Å². The molecular formula is C19H26ClN3O2. The monoisotopic (exact) mass is 363 g/mol. The molecule has 2 aromatic rings. The number of piperidine rings is 1. The molecule has 0 bridgehead atoms. The summed E-state index contributed by atoms with van der Waals surface area (Å²) < 4.78 is 5.41. The van der Waals surface area contributed by atoms with Crippen LogP contribution in [-0.2, 0) is 11.2 Å². The van der Waals surface area contributed by atoms with Crippen molar-refractivity contribution in [1.82, 2.24) is 15.4 Å². The van der Waals surface area contributed by atoms with Crippen molar-refractivity contribution in [3.8, 4) is 11.3 Å². The maximum Gasteiger partial charge on any atom is 0.239 e. The highest BCUT2D eigenvalue weighted by atomic mass is 35.5. The van der Waals surface area contributed by atoms with Crippen LogP contribution in [0.4, 0.5) is 0 Å². The highest BCUT2D eigenvalue weighted by Gasteiger charge is 2.23. The molecule has 1 fully saturated rings. The summed E-state index contributed by atoms with van der Waals surface area (Å²) in [6, 6.07) is 12.0. The lowest BCUT2D eigenvalue weighted by Gasteiger charge is -2.27. The molecule has 0 radical (unpaired) electrons. The minimum Gasteiger partial charge on any atom is -0.361 e. The predicted octanol–water partition coefficient (Wildman–Crippen LogP) is 3.30. The van der Waals surface area contributed by atoms with Crippen LogP contribution in [0.15, 0.2) is 40.9 Å². The highest BCUT2D eigenvalue weighted by Crippen LogP contribution is 2.19. The van der Waals surface area contributed by atoms with Gasteiger partial charge in [0.1, 0.15) is 11.5 Å². The van der Waals surface area contributed by atoms with Gasteiger partial charge >= 0.3 is 0 Å². The van der Waals surface area contributed by atoms with E-state index in [1.54, 1.807) is 0 Å². The molecule has 1 unspecified atom stereocenters. The average molecular weight is 364 g/mol. The van der Waals surface area contributed by atoms with E-state index in [1.165, 1.54) is 6.42 Å². The third kappa shape index (κ3) is 5.31. The first-order valence-electron chi connectivity index (χ1n) is 8.73. The quantitative estimate of drug-likeness (QED) is 0.855. The number of amides is 1. The van der Waals surface area contributed by atoms with Crippen molar-refractivity contribution in [2.24, 2.45) is 0 Å². The van der Waals surface area contributed by atoms with Gasteiger partial charge in [0.15, 0.2) is 0 Å². The predicted molar refractivity (Wildman–Crippen MR) is 101 cm³/mol. The summed E-state index contributed by atoms with van der Waals surface area (Å²) >= 11 is 0. The summed E-state index contributed by atoms with van der Waals surface area (Å²) in [4.78, 5) is 14.2. The normalized spacial score (nSPS) is 16.9. The number of aromatic nitrogens is 1. The number of carbonyl (C=O) groups excluding carboxylic acids is 1. The molecule has 1 atom stereocenters. The zero-order chi connectivity index (χ0) is 16.8. The molecule has 1 aromatic carbocycles. The number of benzene rings is 1. The van der Waals surface area contributed by atoms with Gasteiger partial charge in [-0.1, -0.05) is 41.9 Å². The molecule has 1 saturated heterocycles. The average Bonchev–Trinajstić information content (AvgIpc) is 3.11. The molecular weight excluding hydrogens is 338 g/mol. The Kier molecular flexibility index (Phi) is 7.47. The SMILES string of the molecule is CN(CCCc1cc(-c2ccccc2)no1)C(=O)C1CCCCN1.Cl. The summed E-state index contributed by atoms with van der Waals surface area (Å²) in [6.45, 7) is 1.68. The van der Waals surface area contributed by atoms with Crippen LogP contribution >= 0.6 is 12.4 Å².